The largest absolute Gasteiger partial charge is 0.394 e. The molecule has 1 aliphatic carbocycles. The van der Waals surface area contributed by atoms with Crippen LogP contribution in [0.5, 0.6) is 0 Å². The van der Waals surface area contributed by atoms with Crippen LogP contribution in [-0.4, -0.2) is 41.1 Å². The van der Waals surface area contributed by atoms with Crippen LogP contribution in [0.15, 0.2) is 0 Å². The first-order chi connectivity index (χ1) is 9.15. The van der Waals surface area contributed by atoms with Crippen LogP contribution in [-0.2, 0) is 4.79 Å². The topological polar surface area (TPSA) is 66.6 Å². The van der Waals surface area contributed by atoms with Crippen molar-refractivity contribution in [3.05, 3.63) is 0 Å². The normalized spacial score (nSPS) is 36.9. The maximum atomic E-state index is 12.8. The van der Waals surface area contributed by atoms with Gasteiger partial charge in [0.1, 0.15) is 0 Å². The summed E-state index contributed by atoms with van der Waals surface area (Å²) in [5, 5.41) is 9.54. The summed E-state index contributed by atoms with van der Waals surface area (Å²) in [4.78, 5) is 14.8. The minimum Gasteiger partial charge on any atom is -0.394 e. The van der Waals surface area contributed by atoms with Crippen molar-refractivity contribution in [2.24, 2.45) is 17.6 Å². The van der Waals surface area contributed by atoms with E-state index in [0.29, 0.717) is 5.92 Å². The first kappa shape index (κ1) is 14.8. The fraction of sp³-hybridized carbons (Fsp3) is 0.933. The number of rotatable bonds is 2. The van der Waals surface area contributed by atoms with E-state index in [-0.39, 0.29) is 30.5 Å². The van der Waals surface area contributed by atoms with Gasteiger partial charge in [0.2, 0.25) is 5.91 Å². The summed E-state index contributed by atoms with van der Waals surface area (Å²) in [6.07, 6.45) is 7.45. The van der Waals surface area contributed by atoms with E-state index < -0.39 is 0 Å². The molecule has 0 radical (unpaired) electrons. The van der Waals surface area contributed by atoms with Gasteiger partial charge in [0, 0.05) is 12.6 Å². The lowest BCUT2D eigenvalue weighted by molar-refractivity contribution is -0.142. The molecule has 110 valence electrons. The number of likely N-dealkylation sites (tertiary alicyclic amines) is 1. The summed E-state index contributed by atoms with van der Waals surface area (Å²) < 4.78 is 0. The summed E-state index contributed by atoms with van der Waals surface area (Å²) in [7, 11) is 0. The summed E-state index contributed by atoms with van der Waals surface area (Å²) in [5.41, 5.74) is 6.19. The minimum atomic E-state index is -0.0408. The Morgan fingerprint density at radius 2 is 2.00 bits per heavy atom. The molecule has 0 bridgehead atoms. The smallest absolute Gasteiger partial charge is 0.227 e. The highest BCUT2D eigenvalue weighted by Crippen LogP contribution is 2.32. The third-order valence-electron chi connectivity index (χ3n) is 4.93. The van der Waals surface area contributed by atoms with Crippen molar-refractivity contribution < 1.29 is 9.90 Å². The molecular weight excluding hydrogens is 240 g/mol. The lowest BCUT2D eigenvalue weighted by Gasteiger charge is -2.39. The van der Waals surface area contributed by atoms with Gasteiger partial charge in [-0.15, -0.1) is 0 Å². The average molecular weight is 268 g/mol. The number of hydrogen-bond acceptors (Lipinski definition) is 3. The Hall–Kier alpha value is -0.610. The first-order valence-electron chi connectivity index (χ1n) is 7.82. The maximum Gasteiger partial charge on any atom is 0.227 e. The second-order valence-electron chi connectivity index (χ2n) is 6.32. The molecule has 0 aromatic heterocycles. The molecule has 4 atom stereocenters. The van der Waals surface area contributed by atoms with E-state index in [2.05, 4.69) is 6.92 Å². The summed E-state index contributed by atoms with van der Waals surface area (Å²) in [5.74, 6) is 0.528. The molecule has 2 fully saturated rings. The SMILES string of the molecule is CC1CCCC(N)C1C(=O)N1CCCCCC1CO. The van der Waals surface area contributed by atoms with Crippen LogP contribution < -0.4 is 5.73 Å². The number of aliphatic hydroxyl groups is 1. The highest BCUT2D eigenvalue weighted by molar-refractivity contribution is 5.80. The van der Waals surface area contributed by atoms with Gasteiger partial charge in [0.05, 0.1) is 18.6 Å². The van der Waals surface area contributed by atoms with Crippen LogP contribution >= 0.6 is 0 Å². The Kier molecular flexibility index (Phi) is 5.22. The zero-order valence-electron chi connectivity index (χ0n) is 12.1. The Labute approximate surface area is 116 Å². The molecule has 4 nitrogen and oxygen atoms in total. The molecule has 1 aliphatic heterocycles. The predicted molar refractivity (Wildman–Crippen MR) is 75.5 cm³/mol. The monoisotopic (exact) mass is 268 g/mol. The van der Waals surface area contributed by atoms with Crippen molar-refractivity contribution in [3.63, 3.8) is 0 Å². The molecule has 1 saturated carbocycles. The zero-order chi connectivity index (χ0) is 13.8. The van der Waals surface area contributed by atoms with Crippen molar-refractivity contribution in [2.45, 2.75) is 64.0 Å². The van der Waals surface area contributed by atoms with Crippen LogP contribution in [0.25, 0.3) is 0 Å². The maximum absolute atomic E-state index is 12.8. The molecule has 1 amide bonds. The molecular formula is C15H28N2O2. The number of aliphatic hydroxyl groups excluding tert-OH is 1. The van der Waals surface area contributed by atoms with Gasteiger partial charge < -0.3 is 15.7 Å². The Morgan fingerprint density at radius 1 is 1.21 bits per heavy atom. The molecule has 19 heavy (non-hydrogen) atoms. The number of carbonyl (C=O) groups excluding carboxylic acids is 1. The van der Waals surface area contributed by atoms with Crippen LogP contribution in [0.4, 0.5) is 0 Å². The van der Waals surface area contributed by atoms with Gasteiger partial charge in [-0.3, -0.25) is 4.79 Å². The van der Waals surface area contributed by atoms with E-state index in [1.54, 1.807) is 0 Å². The summed E-state index contributed by atoms with van der Waals surface area (Å²) in [6, 6.07) is 0.00942. The Morgan fingerprint density at radius 3 is 2.68 bits per heavy atom. The van der Waals surface area contributed by atoms with Crippen molar-refractivity contribution in [3.8, 4) is 0 Å². The number of nitrogens with two attached hydrogens (primary N) is 1. The van der Waals surface area contributed by atoms with Gasteiger partial charge >= 0.3 is 0 Å². The van der Waals surface area contributed by atoms with E-state index in [0.717, 1.165) is 51.5 Å². The lowest BCUT2D eigenvalue weighted by Crippen LogP contribution is -2.52. The molecule has 2 aliphatic rings. The van der Waals surface area contributed by atoms with Crippen molar-refractivity contribution in [1.29, 1.82) is 0 Å². The highest BCUT2D eigenvalue weighted by Gasteiger charge is 2.38. The first-order valence-corrected chi connectivity index (χ1v) is 7.82. The molecule has 0 aromatic rings. The Balaban J connectivity index is 2.10. The van der Waals surface area contributed by atoms with Gasteiger partial charge in [-0.2, -0.15) is 0 Å². The van der Waals surface area contributed by atoms with Crippen molar-refractivity contribution in [2.75, 3.05) is 13.2 Å². The predicted octanol–water partition coefficient (Wildman–Crippen LogP) is 1.51. The van der Waals surface area contributed by atoms with Gasteiger partial charge in [-0.25, -0.2) is 0 Å². The van der Waals surface area contributed by atoms with E-state index in [1.165, 1.54) is 0 Å². The average Bonchev–Trinajstić information content (AvgIpc) is 2.63. The molecule has 4 heteroatoms. The number of hydrogen-bond donors (Lipinski definition) is 2. The highest BCUT2D eigenvalue weighted by atomic mass is 16.3. The fourth-order valence-electron chi connectivity index (χ4n) is 3.73. The fourth-order valence-corrected chi connectivity index (χ4v) is 3.73. The molecule has 2 rings (SSSR count). The minimum absolute atomic E-state index is 0.00107. The van der Waals surface area contributed by atoms with Crippen LogP contribution in [0.2, 0.25) is 0 Å². The van der Waals surface area contributed by atoms with Gasteiger partial charge in [-0.05, 0) is 31.6 Å². The molecule has 0 spiro atoms. The second-order valence-corrected chi connectivity index (χ2v) is 6.32. The third-order valence-corrected chi connectivity index (χ3v) is 4.93. The number of carbonyl (C=O) groups is 1. The van der Waals surface area contributed by atoms with Gasteiger partial charge in [0.15, 0.2) is 0 Å². The standard InChI is InChI=1S/C15H28N2O2/c1-11-6-5-8-13(16)14(11)15(19)17-9-4-2-3-7-12(17)10-18/h11-14,18H,2-10,16H2,1H3. The van der Waals surface area contributed by atoms with Gasteiger partial charge in [-0.1, -0.05) is 26.2 Å². The molecule has 1 heterocycles. The number of amides is 1. The van der Waals surface area contributed by atoms with E-state index >= 15 is 0 Å². The molecule has 1 saturated heterocycles. The lowest BCUT2D eigenvalue weighted by atomic mass is 9.76. The zero-order valence-corrected chi connectivity index (χ0v) is 12.1. The number of nitrogens with zero attached hydrogens (tertiary/aromatic N) is 1. The quantitative estimate of drug-likeness (QED) is 0.798. The summed E-state index contributed by atoms with van der Waals surface area (Å²) in [6.45, 7) is 3.02. The van der Waals surface area contributed by atoms with Gasteiger partial charge in [0.25, 0.3) is 0 Å². The van der Waals surface area contributed by atoms with Crippen LogP contribution in [0.3, 0.4) is 0 Å². The second kappa shape index (κ2) is 6.71. The third kappa shape index (κ3) is 3.29. The van der Waals surface area contributed by atoms with Crippen LogP contribution in [0, 0.1) is 11.8 Å². The van der Waals surface area contributed by atoms with E-state index in [9.17, 15) is 9.90 Å². The Bertz CT molecular complexity index is 299. The molecule has 4 unspecified atom stereocenters. The molecule has 0 aromatic carbocycles. The molecule has 3 N–H and O–H groups in total. The van der Waals surface area contributed by atoms with E-state index in [4.69, 9.17) is 5.73 Å². The summed E-state index contributed by atoms with van der Waals surface area (Å²) >= 11 is 0. The van der Waals surface area contributed by atoms with Crippen LogP contribution in [0.1, 0.15) is 51.9 Å². The van der Waals surface area contributed by atoms with Crippen molar-refractivity contribution in [1.82, 2.24) is 4.90 Å². The van der Waals surface area contributed by atoms with E-state index in [1.807, 2.05) is 4.90 Å². The van der Waals surface area contributed by atoms with Crippen molar-refractivity contribution >= 4 is 5.91 Å².